The van der Waals surface area contributed by atoms with Gasteiger partial charge in [-0.2, -0.15) is 0 Å². The molecule has 0 spiro atoms. The first-order chi connectivity index (χ1) is 6.63. The summed E-state index contributed by atoms with van der Waals surface area (Å²) in [7, 11) is -3.12. The molecule has 74 valence electrons. The molecule has 1 heterocycles. The van der Waals surface area contributed by atoms with E-state index in [0.29, 0.717) is 5.03 Å². The minimum atomic E-state index is -3.12. The van der Waals surface area contributed by atoms with Gasteiger partial charge in [-0.3, -0.25) is 0 Å². The third kappa shape index (κ3) is 1.42. The summed E-state index contributed by atoms with van der Waals surface area (Å²) in [6.07, 6.45) is 0. The van der Waals surface area contributed by atoms with Crippen molar-refractivity contribution in [2.75, 3.05) is 5.75 Å². The van der Waals surface area contributed by atoms with Crippen LogP contribution >= 0.6 is 0 Å². The average Bonchev–Trinajstić information content (AvgIpc) is 2.61. The Hall–Kier alpha value is -1.29. The molecule has 3 nitrogen and oxygen atoms in total. The summed E-state index contributed by atoms with van der Waals surface area (Å²) in [5.74, 6) is 0.125. The molecule has 2 aromatic rings. The molecular weight excluding hydrogens is 198 g/mol. The number of aromatic nitrogens is 1. The van der Waals surface area contributed by atoms with E-state index in [4.69, 9.17) is 0 Å². The second-order valence-corrected chi connectivity index (χ2v) is 5.37. The number of para-hydroxylation sites is 1. The summed E-state index contributed by atoms with van der Waals surface area (Å²) in [6, 6.07) is 9.19. The molecule has 4 heteroatoms. The maximum atomic E-state index is 11.5. The molecule has 0 atom stereocenters. The van der Waals surface area contributed by atoms with E-state index < -0.39 is 9.84 Å². The van der Waals surface area contributed by atoms with E-state index in [9.17, 15) is 8.42 Å². The van der Waals surface area contributed by atoms with Crippen LogP contribution in [0, 0.1) is 0 Å². The van der Waals surface area contributed by atoms with Crippen LogP contribution in [0.5, 0.6) is 0 Å². The highest BCUT2D eigenvalue weighted by Crippen LogP contribution is 2.18. The van der Waals surface area contributed by atoms with Crippen LogP contribution in [0.4, 0.5) is 0 Å². The van der Waals surface area contributed by atoms with Crippen LogP contribution in [0.25, 0.3) is 10.9 Å². The van der Waals surface area contributed by atoms with Crippen molar-refractivity contribution >= 4 is 20.7 Å². The number of hydrogen-bond donors (Lipinski definition) is 1. The van der Waals surface area contributed by atoms with Gasteiger partial charge in [-0.25, -0.2) is 8.42 Å². The van der Waals surface area contributed by atoms with E-state index in [-0.39, 0.29) is 5.75 Å². The Bertz CT molecular complexity index is 521. The normalized spacial score (nSPS) is 12.1. The van der Waals surface area contributed by atoms with Crippen molar-refractivity contribution in [2.45, 2.75) is 11.9 Å². The van der Waals surface area contributed by atoms with Crippen LogP contribution < -0.4 is 0 Å². The predicted octanol–water partition coefficient (Wildman–Crippen LogP) is 1.96. The number of aromatic amines is 1. The lowest BCUT2D eigenvalue weighted by Crippen LogP contribution is -2.03. The molecule has 1 aromatic heterocycles. The van der Waals surface area contributed by atoms with Gasteiger partial charge in [0.2, 0.25) is 0 Å². The Morgan fingerprint density at radius 2 is 2.00 bits per heavy atom. The summed E-state index contributed by atoms with van der Waals surface area (Å²) >= 11 is 0. The smallest absolute Gasteiger partial charge is 0.193 e. The molecule has 2 rings (SSSR count). The van der Waals surface area contributed by atoms with Crippen molar-refractivity contribution in [1.29, 1.82) is 0 Å². The van der Waals surface area contributed by atoms with Crippen LogP contribution in [0.3, 0.4) is 0 Å². The quantitative estimate of drug-likeness (QED) is 0.822. The standard InChI is InChI=1S/C10H11NO2S/c1-2-14(12,13)10-7-8-5-3-4-6-9(8)11-10/h3-7,11H,2H2,1H3. The minimum absolute atomic E-state index is 0.125. The van der Waals surface area contributed by atoms with Crippen molar-refractivity contribution in [3.8, 4) is 0 Å². The molecule has 0 radical (unpaired) electrons. The van der Waals surface area contributed by atoms with Gasteiger partial charge in [-0.05, 0) is 12.1 Å². The Labute approximate surface area is 82.7 Å². The zero-order chi connectivity index (χ0) is 10.2. The Kier molecular flexibility index (Phi) is 2.07. The first-order valence-electron chi connectivity index (χ1n) is 4.44. The fourth-order valence-corrected chi connectivity index (χ4v) is 2.25. The average molecular weight is 209 g/mol. The maximum Gasteiger partial charge on any atom is 0.193 e. The molecule has 0 fully saturated rings. The SMILES string of the molecule is CCS(=O)(=O)c1cc2ccccc2[nH]1. The summed E-state index contributed by atoms with van der Waals surface area (Å²) in [5.41, 5.74) is 0.861. The van der Waals surface area contributed by atoms with Crippen LogP contribution in [0.1, 0.15) is 6.92 Å². The lowest BCUT2D eigenvalue weighted by molar-refractivity contribution is 0.594. The molecule has 1 N–H and O–H groups in total. The summed E-state index contributed by atoms with van der Waals surface area (Å²) in [5, 5.41) is 1.24. The van der Waals surface area contributed by atoms with E-state index in [1.807, 2.05) is 24.3 Å². The molecular formula is C10H11NO2S. The van der Waals surface area contributed by atoms with E-state index in [1.165, 1.54) is 0 Å². The first kappa shape index (κ1) is 9.27. The summed E-state index contributed by atoms with van der Waals surface area (Å²) in [4.78, 5) is 2.90. The third-order valence-electron chi connectivity index (χ3n) is 2.22. The van der Waals surface area contributed by atoms with Crippen molar-refractivity contribution < 1.29 is 8.42 Å². The largest absolute Gasteiger partial charge is 0.346 e. The first-order valence-corrected chi connectivity index (χ1v) is 6.09. The lowest BCUT2D eigenvalue weighted by atomic mass is 10.3. The van der Waals surface area contributed by atoms with E-state index in [1.54, 1.807) is 13.0 Å². The van der Waals surface area contributed by atoms with Gasteiger partial charge in [-0.15, -0.1) is 0 Å². The van der Waals surface area contributed by atoms with Crippen LogP contribution in [-0.2, 0) is 9.84 Å². The topological polar surface area (TPSA) is 49.9 Å². The van der Waals surface area contributed by atoms with Crippen molar-refractivity contribution in [1.82, 2.24) is 4.98 Å². The summed E-state index contributed by atoms with van der Waals surface area (Å²) < 4.78 is 23.1. The molecule has 1 aromatic carbocycles. The number of fused-ring (bicyclic) bond motifs is 1. The fourth-order valence-electron chi connectivity index (χ4n) is 1.37. The Morgan fingerprint density at radius 3 is 2.64 bits per heavy atom. The van der Waals surface area contributed by atoms with E-state index >= 15 is 0 Å². The van der Waals surface area contributed by atoms with Gasteiger partial charge in [0.15, 0.2) is 9.84 Å². The van der Waals surface area contributed by atoms with Gasteiger partial charge in [0, 0.05) is 10.9 Å². The number of nitrogens with one attached hydrogen (secondary N) is 1. The van der Waals surface area contributed by atoms with Gasteiger partial charge in [0.05, 0.1) is 5.75 Å². The summed E-state index contributed by atoms with van der Waals surface area (Å²) in [6.45, 7) is 1.64. The fraction of sp³-hybridized carbons (Fsp3) is 0.200. The van der Waals surface area contributed by atoms with Crippen LogP contribution in [0.15, 0.2) is 35.4 Å². The molecule has 0 aliphatic rings. The van der Waals surface area contributed by atoms with Crippen LogP contribution in [-0.4, -0.2) is 19.2 Å². The lowest BCUT2D eigenvalue weighted by Gasteiger charge is -1.94. The zero-order valence-electron chi connectivity index (χ0n) is 7.82. The number of rotatable bonds is 2. The van der Waals surface area contributed by atoms with Gasteiger partial charge >= 0.3 is 0 Å². The monoisotopic (exact) mass is 209 g/mol. The zero-order valence-corrected chi connectivity index (χ0v) is 8.64. The highest BCUT2D eigenvalue weighted by molar-refractivity contribution is 7.91. The minimum Gasteiger partial charge on any atom is -0.346 e. The number of H-pyrrole nitrogens is 1. The van der Waals surface area contributed by atoms with Crippen LogP contribution in [0.2, 0.25) is 0 Å². The number of benzene rings is 1. The van der Waals surface area contributed by atoms with Gasteiger partial charge in [0.1, 0.15) is 5.03 Å². The number of sulfone groups is 1. The molecule has 0 aliphatic heterocycles. The van der Waals surface area contributed by atoms with Crippen molar-refractivity contribution in [3.63, 3.8) is 0 Å². The third-order valence-corrected chi connectivity index (χ3v) is 3.87. The molecule has 0 saturated heterocycles. The molecule has 14 heavy (non-hydrogen) atoms. The Balaban J connectivity index is 2.67. The highest BCUT2D eigenvalue weighted by Gasteiger charge is 2.13. The van der Waals surface area contributed by atoms with Crippen molar-refractivity contribution in [2.24, 2.45) is 0 Å². The second kappa shape index (κ2) is 3.13. The highest BCUT2D eigenvalue weighted by atomic mass is 32.2. The van der Waals surface area contributed by atoms with Gasteiger partial charge in [-0.1, -0.05) is 25.1 Å². The van der Waals surface area contributed by atoms with Gasteiger partial charge in [0.25, 0.3) is 0 Å². The second-order valence-electron chi connectivity index (χ2n) is 3.12. The molecule has 0 bridgehead atoms. The predicted molar refractivity (Wildman–Crippen MR) is 56.0 cm³/mol. The van der Waals surface area contributed by atoms with E-state index in [2.05, 4.69) is 4.98 Å². The van der Waals surface area contributed by atoms with E-state index in [0.717, 1.165) is 10.9 Å². The molecule has 0 saturated carbocycles. The maximum absolute atomic E-state index is 11.5. The Morgan fingerprint density at radius 1 is 1.29 bits per heavy atom. The number of hydrogen-bond acceptors (Lipinski definition) is 2. The van der Waals surface area contributed by atoms with Crippen molar-refractivity contribution in [3.05, 3.63) is 30.3 Å². The molecule has 0 aliphatic carbocycles. The van der Waals surface area contributed by atoms with Gasteiger partial charge < -0.3 is 4.98 Å². The molecule has 0 unspecified atom stereocenters. The molecule has 0 amide bonds.